The van der Waals surface area contributed by atoms with Gasteiger partial charge in [0.25, 0.3) is 0 Å². The van der Waals surface area contributed by atoms with E-state index in [-0.39, 0.29) is 18.1 Å². The number of hydrogen-bond acceptors (Lipinski definition) is 4. The van der Waals surface area contributed by atoms with E-state index < -0.39 is 6.61 Å². The Hall–Kier alpha value is -2.89. The topological polar surface area (TPSA) is 44.5 Å². The Balaban J connectivity index is 1.86. The Morgan fingerprint density at radius 2 is 1.87 bits per heavy atom. The molecule has 0 bridgehead atoms. The highest BCUT2D eigenvalue weighted by molar-refractivity contribution is 5.59. The molecule has 118 valence electrons. The minimum Gasteiger partial charge on any atom is -0.485 e. The van der Waals surface area contributed by atoms with Gasteiger partial charge in [-0.05, 0) is 23.8 Å². The van der Waals surface area contributed by atoms with Gasteiger partial charge < -0.3 is 13.9 Å². The fourth-order valence-corrected chi connectivity index (χ4v) is 2.05. The van der Waals surface area contributed by atoms with Crippen LogP contribution in [0.25, 0.3) is 11.5 Å². The summed E-state index contributed by atoms with van der Waals surface area (Å²) in [5.74, 6) is 0.536. The molecule has 0 spiro atoms. The van der Waals surface area contributed by atoms with Crippen molar-refractivity contribution in [1.29, 1.82) is 0 Å². The third kappa shape index (κ3) is 3.85. The Labute approximate surface area is 131 Å². The second-order valence-electron chi connectivity index (χ2n) is 4.65. The Kier molecular flexibility index (Phi) is 4.52. The van der Waals surface area contributed by atoms with Crippen LogP contribution in [-0.4, -0.2) is 11.6 Å². The largest absolute Gasteiger partial charge is 0.485 e. The number of halogens is 2. The number of alkyl halides is 2. The zero-order valence-electron chi connectivity index (χ0n) is 12.0. The van der Waals surface area contributed by atoms with E-state index in [1.54, 1.807) is 12.1 Å². The molecular weight excluding hydrogens is 304 g/mol. The van der Waals surface area contributed by atoms with Crippen molar-refractivity contribution in [3.63, 3.8) is 0 Å². The quantitative estimate of drug-likeness (QED) is 0.670. The summed E-state index contributed by atoms with van der Waals surface area (Å²) in [6.45, 7) is -2.70. The SMILES string of the molecule is FC(F)Oc1ccc(-c2ncco2)cc1OCc1ccccc1. The molecular formula is C17H13F2NO3. The second-order valence-corrected chi connectivity index (χ2v) is 4.65. The van der Waals surface area contributed by atoms with E-state index in [9.17, 15) is 8.78 Å². The van der Waals surface area contributed by atoms with Crippen LogP contribution in [-0.2, 0) is 6.61 Å². The van der Waals surface area contributed by atoms with Crippen molar-refractivity contribution in [2.45, 2.75) is 13.2 Å². The molecule has 0 aliphatic carbocycles. The Morgan fingerprint density at radius 1 is 1.04 bits per heavy atom. The van der Waals surface area contributed by atoms with Crippen LogP contribution in [0.15, 0.2) is 65.4 Å². The maximum Gasteiger partial charge on any atom is 0.387 e. The lowest BCUT2D eigenvalue weighted by molar-refractivity contribution is -0.0515. The van der Waals surface area contributed by atoms with Crippen molar-refractivity contribution in [2.24, 2.45) is 0 Å². The molecule has 0 saturated carbocycles. The van der Waals surface area contributed by atoms with Gasteiger partial charge in [0.2, 0.25) is 5.89 Å². The lowest BCUT2D eigenvalue weighted by Gasteiger charge is -2.13. The second kappa shape index (κ2) is 6.91. The molecule has 1 aromatic heterocycles. The third-order valence-electron chi connectivity index (χ3n) is 3.08. The van der Waals surface area contributed by atoms with Crippen LogP contribution in [0.3, 0.4) is 0 Å². The van der Waals surface area contributed by atoms with Gasteiger partial charge >= 0.3 is 6.61 Å². The molecule has 0 N–H and O–H groups in total. The predicted molar refractivity (Wildman–Crippen MR) is 79.3 cm³/mol. The van der Waals surface area contributed by atoms with Gasteiger partial charge in [-0.1, -0.05) is 30.3 Å². The highest BCUT2D eigenvalue weighted by atomic mass is 19.3. The van der Waals surface area contributed by atoms with Crippen molar-refractivity contribution in [1.82, 2.24) is 4.98 Å². The number of rotatable bonds is 6. The molecule has 1 heterocycles. The molecule has 0 aliphatic rings. The summed E-state index contributed by atoms with van der Waals surface area (Å²) < 4.78 is 40.4. The predicted octanol–water partition coefficient (Wildman–Crippen LogP) is 4.52. The van der Waals surface area contributed by atoms with Gasteiger partial charge in [-0.25, -0.2) is 4.98 Å². The van der Waals surface area contributed by atoms with E-state index in [0.717, 1.165) is 5.56 Å². The third-order valence-corrected chi connectivity index (χ3v) is 3.08. The first kappa shape index (κ1) is 15.0. The summed E-state index contributed by atoms with van der Waals surface area (Å²) in [5.41, 5.74) is 1.52. The first-order valence-corrected chi connectivity index (χ1v) is 6.88. The summed E-state index contributed by atoms with van der Waals surface area (Å²) in [4.78, 5) is 4.03. The molecule has 6 heteroatoms. The van der Waals surface area contributed by atoms with E-state index in [2.05, 4.69) is 9.72 Å². The number of oxazole rings is 1. The molecule has 0 saturated heterocycles. The molecule has 0 aliphatic heterocycles. The summed E-state index contributed by atoms with van der Waals surface area (Å²) in [6, 6.07) is 13.9. The first-order chi connectivity index (χ1) is 11.2. The van der Waals surface area contributed by atoms with Crippen LogP contribution in [0.5, 0.6) is 11.5 Å². The molecule has 4 nitrogen and oxygen atoms in total. The first-order valence-electron chi connectivity index (χ1n) is 6.88. The standard InChI is InChI=1S/C17H13F2NO3/c18-17(19)23-14-7-6-13(16-20-8-9-21-16)10-15(14)22-11-12-4-2-1-3-5-12/h1-10,17H,11H2. The average Bonchev–Trinajstić information content (AvgIpc) is 3.09. The Morgan fingerprint density at radius 3 is 2.57 bits per heavy atom. The fraction of sp³-hybridized carbons (Fsp3) is 0.118. The summed E-state index contributed by atoms with van der Waals surface area (Å²) in [6.07, 6.45) is 2.94. The van der Waals surface area contributed by atoms with Crippen LogP contribution in [0.2, 0.25) is 0 Å². The normalized spacial score (nSPS) is 10.7. The van der Waals surface area contributed by atoms with Crippen LogP contribution >= 0.6 is 0 Å². The molecule has 3 aromatic rings. The van der Waals surface area contributed by atoms with Gasteiger partial charge in [-0.2, -0.15) is 8.78 Å². The monoisotopic (exact) mass is 317 g/mol. The van der Waals surface area contributed by atoms with Crippen LogP contribution < -0.4 is 9.47 Å². The van der Waals surface area contributed by atoms with Crippen LogP contribution in [0, 0.1) is 0 Å². The van der Waals surface area contributed by atoms with Gasteiger partial charge in [0.05, 0.1) is 6.20 Å². The lowest BCUT2D eigenvalue weighted by Crippen LogP contribution is -2.05. The van der Waals surface area contributed by atoms with E-state index in [0.29, 0.717) is 11.5 Å². The smallest absolute Gasteiger partial charge is 0.387 e. The molecule has 23 heavy (non-hydrogen) atoms. The summed E-state index contributed by atoms with van der Waals surface area (Å²) >= 11 is 0. The van der Waals surface area contributed by atoms with Gasteiger partial charge in [-0.15, -0.1) is 0 Å². The highest BCUT2D eigenvalue weighted by Gasteiger charge is 2.14. The summed E-state index contributed by atoms with van der Waals surface area (Å²) in [7, 11) is 0. The minimum absolute atomic E-state index is 0.0359. The number of nitrogens with zero attached hydrogens (tertiary/aromatic N) is 1. The van der Waals surface area contributed by atoms with Crippen molar-refractivity contribution < 1.29 is 22.7 Å². The minimum atomic E-state index is -2.93. The van der Waals surface area contributed by atoms with Crippen molar-refractivity contribution in [2.75, 3.05) is 0 Å². The zero-order valence-corrected chi connectivity index (χ0v) is 12.0. The number of aromatic nitrogens is 1. The van der Waals surface area contributed by atoms with Crippen LogP contribution in [0.1, 0.15) is 5.56 Å². The van der Waals surface area contributed by atoms with Crippen molar-refractivity contribution >= 4 is 0 Å². The maximum absolute atomic E-state index is 12.5. The fourth-order valence-electron chi connectivity index (χ4n) is 2.05. The van der Waals surface area contributed by atoms with Crippen molar-refractivity contribution in [3.05, 3.63) is 66.6 Å². The Bertz CT molecular complexity index is 746. The number of hydrogen-bond donors (Lipinski definition) is 0. The number of ether oxygens (including phenoxy) is 2. The van der Waals surface area contributed by atoms with Gasteiger partial charge in [-0.3, -0.25) is 0 Å². The van der Waals surface area contributed by atoms with E-state index in [1.807, 2.05) is 30.3 Å². The van der Waals surface area contributed by atoms with E-state index in [4.69, 9.17) is 9.15 Å². The number of benzene rings is 2. The van der Waals surface area contributed by atoms with Gasteiger partial charge in [0.1, 0.15) is 12.9 Å². The molecule has 2 aromatic carbocycles. The molecule has 0 unspecified atom stereocenters. The summed E-state index contributed by atoms with van der Waals surface area (Å²) in [5, 5.41) is 0. The molecule has 3 rings (SSSR count). The molecule has 0 atom stereocenters. The van der Waals surface area contributed by atoms with Gasteiger partial charge in [0.15, 0.2) is 11.5 Å². The zero-order chi connectivity index (χ0) is 16.1. The van der Waals surface area contributed by atoms with E-state index >= 15 is 0 Å². The van der Waals surface area contributed by atoms with Gasteiger partial charge in [0, 0.05) is 5.56 Å². The molecule has 0 radical (unpaired) electrons. The van der Waals surface area contributed by atoms with Crippen LogP contribution in [0.4, 0.5) is 8.78 Å². The maximum atomic E-state index is 12.5. The lowest BCUT2D eigenvalue weighted by atomic mass is 10.2. The molecule has 0 amide bonds. The van der Waals surface area contributed by atoms with Crippen molar-refractivity contribution in [3.8, 4) is 23.0 Å². The van der Waals surface area contributed by atoms with E-state index in [1.165, 1.54) is 18.5 Å². The highest BCUT2D eigenvalue weighted by Crippen LogP contribution is 2.33. The average molecular weight is 317 g/mol. The molecule has 0 fully saturated rings.